The van der Waals surface area contributed by atoms with Gasteiger partial charge in [-0.05, 0) is 73.4 Å². The number of carbonyl (C=O) groups excluding carboxylic acids is 1. The molecule has 1 aliphatic heterocycles. The molecule has 11 nitrogen and oxygen atoms in total. The Morgan fingerprint density at radius 2 is 1.84 bits per heavy atom. The van der Waals surface area contributed by atoms with E-state index in [9.17, 15) is 27.9 Å². The monoisotopic (exact) mass is 779 g/mol. The van der Waals surface area contributed by atoms with Crippen LogP contribution in [0.5, 0.6) is 17.5 Å². The maximum atomic E-state index is 14.5. The summed E-state index contributed by atoms with van der Waals surface area (Å²) in [6.45, 7) is 1.01. The number of rotatable bonds is 14. The van der Waals surface area contributed by atoms with Gasteiger partial charge in [-0.1, -0.05) is 41.9 Å². The molecule has 2 fully saturated rings. The minimum atomic E-state index is -4.81. The lowest BCUT2D eigenvalue weighted by molar-refractivity contribution is -0.141. The van der Waals surface area contributed by atoms with Gasteiger partial charge in [0, 0.05) is 60.5 Å². The topological polar surface area (TPSA) is 144 Å². The molecule has 0 bridgehead atoms. The molecule has 3 aliphatic rings. The summed E-state index contributed by atoms with van der Waals surface area (Å²) in [6.07, 6.45) is -0.0293. The highest BCUT2D eigenvalue weighted by Crippen LogP contribution is 2.45. The second-order valence-corrected chi connectivity index (χ2v) is 14.5. The van der Waals surface area contributed by atoms with Crippen LogP contribution in [0.2, 0.25) is 5.02 Å². The quantitative estimate of drug-likeness (QED) is 0.105. The summed E-state index contributed by atoms with van der Waals surface area (Å²) in [7, 11) is 2.89. The number of halogens is 4. The van der Waals surface area contributed by atoms with E-state index in [4.69, 9.17) is 25.8 Å². The maximum absolute atomic E-state index is 14.5. The highest BCUT2D eigenvalue weighted by atomic mass is 35.5. The first-order valence-corrected chi connectivity index (χ1v) is 18.5. The van der Waals surface area contributed by atoms with Crippen LogP contribution in [0.3, 0.4) is 0 Å². The normalized spacial score (nSPS) is 18.7. The van der Waals surface area contributed by atoms with Gasteiger partial charge in [0.1, 0.15) is 23.0 Å². The lowest BCUT2D eigenvalue weighted by Crippen LogP contribution is -2.38. The van der Waals surface area contributed by atoms with E-state index in [1.165, 1.54) is 7.11 Å². The molecule has 2 aromatic carbocycles. The minimum absolute atomic E-state index is 0.0704. The van der Waals surface area contributed by atoms with Crippen molar-refractivity contribution in [3.05, 3.63) is 87.6 Å². The van der Waals surface area contributed by atoms with Crippen LogP contribution >= 0.6 is 11.6 Å². The molecular weight excluding hydrogens is 739 g/mol. The predicted octanol–water partition coefficient (Wildman–Crippen LogP) is 7.03. The minimum Gasteiger partial charge on any atom is -0.496 e. The third kappa shape index (κ3) is 8.07. The summed E-state index contributed by atoms with van der Waals surface area (Å²) in [5.41, 5.74) is 3.23. The molecule has 2 atom stereocenters. The van der Waals surface area contributed by atoms with Crippen LogP contribution in [0.15, 0.2) is 54.7 Å². The van der Waals surface area contributed by atoms with Gasteiger partial charge >= 0.3 is 12.1 Å². The number of aliphatic carboxylic acids is 1. The number of aromatic nitrogens is 2. The second kappa shape index (κ2) is 15.7. The summed E-state index contributed by atoms with van der Waals surface area (Å²) in [5, 5.41) is 19.1. The number of carboxylic acids is 1. The Balaban J connectivity index is 1.15. The van der Waals surface area contributed by atoms with Gasteiger partial charge in [-0.2, -0.15) is 18.2 Å². The van der Waals surface area contributed by atoms with Gasteiger partial charge < -0.3 is 30.0 Å². The van der Waals surface area contributed by atoms with Gasteiger partial charge in [0.15, 0.2) is 0 Å². The fraction of sp³-hybridized carbons (Fsp3) is 0.400. The van der Waals surface area contributed by atoms with E-state index in [0.717, 1.165) is 45.9 Å². The van der Waals surface area contributed by atoms with Gasteiger partial charge in [0.25, 0.3) is 0 Å². The van der Waals surface area contributed by atoms with E-state index in [0.29, 0.717) is 68.1 Å². The number of benzene rings is 2. The molecule has 2 aromatic heterocycles. The Labute approximate surface area is 321 Å². The molecule has 4 aromatic rings. The van der Waals surface area contributed by atoms with Crippen molar-refractivity contribution >= 4 is 23.5 Å². The van der Waals surface area contributed by atoms with Crippen LogP contribution in [0.25, 0.3) is 22.4 Å². The molecule has 7 rings (SSSR count). The van der Waals surface area contributed by atoms with Crippen LogP contribution in [-0.4, -0.2) is 59.3 Å². The fourth-order valence-electron chi connectivity index (χ4n) is 7.39. The maximum Gasteiger partial charge on any atom is 0.421 e. The third-order valence-corrected chi connectivity index (χ3v) is 10.9. The number of fused-ring (bicyclic) bond motifs is 1. The largest absolute Gasteiger partial charge is 0.496 e. The molecule has 15 heteroatoms. The van der Waals surface area contributed by atoms with Crippen molar-refractivity contribution in [2.75, 3.05) is 20.8 Å². The van der Waals surface area contributed by atoms with Crippen molar-refractivity contribution in [3.8, 4) is 39.9 Å². The third-order valence-electron chi connectivity index (χ3n) is 10.5. The van der Waals surface area contributed by atoms with Crippen molar-refractivity contribution in [2.24, 2.45) is 0 Å². The Morgan fingerprint density at radius 1 is 1.02 bits per heavy atom. The lowest BCUT2D eigenvalue weighted by Gasteiger charge is -2.29. The number of hydrogen-bond donors (Lipinski definition) is 4. The van der Waals surface area contributed by atoms with Gasteiger partial charge in [-0.25, -0.2) is 0 Å². The lowest BCUT2D eigenvalue weighted by atomic mass is 9.84. The molecule has 55 heavy (non-hydrogen) atoms. The first-order chi connectivity index (χ1) is 26.4. The summed E-state index contributed by atoms with van der Waals surface area (Å²) in [6, 6.07) is 14.2. The second-order valence-electron chi connectivity index (χ2n) is 14.1. The molecule has 1 amide bonds. The zero-order chi connectivity index (χ0) is 38.9. The smallest absolute Gasteiger partial charge is 0.421 e. The van der Waals surface area contributed by atoms with Crippen molar-refractivity contribution in [3.63, 3.8) is 0 Å². The molecule has 3 heterocycles. The molecule has 0 unspecified atom stereocenters. The molecular formula is C40H41ClF3N5O6. The predicted molar refractivity (Wildman–Crippen MR) is 198 cm³/mol. The first kappa shape index (κ1) is 38.4. The fourth-order valence-corrected chi connectivity index (χ4v) is 7.71. The van der Waals surface area contributed by atoms with E-state index in [-0.39, 0.29) is 29.9 Å². The summed E-state index contributed by atoms with van der Waals surface area (Å²) >= 11 is 7.12. The standard InChI is InChI=1S/C40H41ClF3N5O6/c1-53-32-18-22(9-10-23(32)19-45-21-25-11-12-33(50)48-25)35-34(41)29(13-16-46-35)27-5-3-7-28-26(27)6-4-8-31(28)55-37-30(40(42,43)44)17-24(36(49-37)54-2)20-47-39(14-15-39)38(51)52/h3,5,7,9-10,13,16-18,25,31,45,47H,4,6,8,11-12,14-15,19-21H2,1-2H3,(H,48,50)(H,51,52)/t25-,31+/m0/s1. The van der Waals surface area contributed by atoms with Crippen LogP contribution in [-0.2, 0) is 35.3 Å². The molecule has 1 saturated carbocycles. The number of pyridine rings is 2. The SMILES string of the molecule is COc1cc(-c2nccc(-c3cccc4c3CCC[C@H]4Oc3nc(OC)c(CNC4(C(=O)O)CC4)cc3C(F)(F)F)c2Cl)ccc1CNC[C@@H]1CCC(=O)N1. The van der Waals surface area contributed by atoms with E-state index >= 15 is 0 Å². The number of amides is 1. The van der Waals surface area contributed by atoms with Crippen molar-refractivity contribution < 1.29 is 42.1 Å². The summed E-state index contributed by atoms with van der Waals surface area (Å²) in [4.78, 5) is 32.0. The molecule has 0 spiro atoms. The van der Waals surface area contributed by atoms with Crippen LogP contribution in [0, 0.1) is 0 Å². The van der Waals surface area contributed by atoms with E-state index in [2.05, 4.69) is 25.9 Å². The molecule has 290 valence electrons. The Bertz CT molecular complexity index is 2110. The average Bonchev–Trinajstić information content (AvgIpc) is 3.86. The zero-order valence-electron chi connectivity index (χ0n) is 30.3. The zero-order valence-corrected chi connectivity index (χ0v) is 31.1. The Kier molecular flexibility index (Phi) is 10.9. The van der Waals surface area contributed by atoms with Crippen molar-refractivity contribution in [2.45, 2.75) is 81.9 Å². The van der Waals surface area contributed by atoms with Crippen LogP contribution in [0.4, 0.5) is 13.2 Å². The van der Waals surface area contributed by atoms with E-state index in [1.54, 1.807) is 13.3 Å². The number of ether oxygens (including phenoxy) is 3. The number of nitrogens with zero attached hydrogens (tertiary/aromatic N) is 2. The van der Waals surface area contributed by atoms with Crippen molar-refractivity contribution in [1.29, 1.82) is 0 Å². The molecule has 2 aliphatic carbocycles. The highest BCUT2D eigenvalue weighted by molar-refractivity contribution is 6.35. The highest BCUT2D eigenvalue weighted by Gasteiger charge is 2.50. The molecule has 0 radical (unpaired) electrons. The van der Waals surface area contributed by atoms with Crippen molar-refractivity contribution in [1.82, 2.24) is 25.9 Å². The van der Waals surface area contributed by atoms with Gasteiger partial charge in [-0.3, -0.25) is 19.9 Å². The van der Waals surface area contributed by atoms with Crippen LogP contribution in [0.1, 0.15) is 72.4 Å². The van der Waals surface area contributed by atoms with E-state index in [1.807, 2.05) is 42.5 Å². The number of carboxylic acid groups (broad SMARTS) is 1. The van der Waals surface area contributed by atoms with Gasteiger partial charge in [-0.15, -0.1) is 0 Å². The number of hydrogen-bond acceptors (Lipinski definition) is 9. The number of alkyl halides is 3. The van der Waals surface area contributed by atoms with Gasteiger partial charge in [0.2, 0.25) is 17.7 Å². The summed E-state index contributed by atoms with van der Waals surface area (Å²) in [5.74, 6) is -1.03. The average molecular weight is 780 g/mol. The molecule has 1 saturated heterocycles. The van der Waals surface area contributed by atoms with Gasteiger partial charge in [0.05, 0.1) is 24.9 Å². The number of methoxy groups -OCH3 is 2. The Morgan fingerprint density at radius 3 is 2.53 bits per heavy atom. The van der Waals surface area contributed by atoms with E-state index < -0.39 is 35.2 Å². The molecule has 4 N–H and O–H groups in total. The number of nitrogens with one attached hydrogen (secondary N) is 3. The number of carbonyl (C=O) groups is 2. The Hall–Kier alpha value is -4.92. The summed E-state index contributed by atoms with van der Waals surface area (Å²) < 4.78 is 60.8. The first-order valence-electron chi connectivity index (χ1n) is 18.1. The van der Waals surface area contributed by atoms with Crippen LogP contribution < -0.4 is 30.2 Å².